The first-order chi connectivity index (χ1) is 20.4. The molecule has 2 aliphatic heterocycles. The highest BCUT2D eigenvalue weighted by Crippen LogP contribution is 2.37. The Kier molecular flexibility index (Phi) is 9.70. The largest absolute Gasteiger partial charge is 0.417 e. The maximum Gasteiger partial charge on any atom is 0.417 e. The smallest absolute Gasteiger partial charge is 0.301 e. The maximum atomic E-state index is 13.4. The van der Waals surface area contributed by atoms with Gasteiger partial charge in [-0.25, -0.2) is 13.3 Å². The van der Waals surface area contributed by atoms with Gasteiger partial charge < -0.3 is 4.90 Å². The van der Waals surface area contributed by atoms with Crippen molar-refractivity contribution in [3.05, 3.63) is 70.3 Å². The number of alkyl halides is 3. The highest BCUT2D eigenvalue weighted by molar-refractivity contribution is 7.89. The fourth-order valence-corrected chi connectivity index (χ4v) is 6.89. The summed E-state index contributed by atoms with van der Waals surface area (Å²) in [4.78, 5) is 28.7. The van der Waals surface area contributed by atoms with Crippen molar-refractivity contribution in [1.82, 2.24) is 9.21 Å². The lowest BCUT2D eigenvalue weighted by molar-refractivity contribution is -0.138. The number of sulfonamides is 1. The third-order valence-electron chi connectivity index (χ3n) is 7.73. The first-order valence-electron chi connectivity index (χ1n) is 13.8. The Morgan fingerprint density at radius 3 is 2.16 bits per heavy atom. The first-order valence-corrected chi connectivity index (χ1v) is 15.3. The van der Waals surface area contributed by atoms with Crippen LogP contribution in [0.4, 0.5) is 18.9 Å². The normalized spacial score (nSPS) is 16.9. The molecule has 2 aliphatic rings. The number of piperazine rings is 1. The van der Waals surface area contributed by atoms with Crippen LogP contribution in [0.5, 0.6) is 0 Å². The van der Waals surface area contributed by atoms with Gasteiger partial charge in [0.2, 0.25) is 10.0 Å². The second-order valence-electron chi connectivity index (χ2n) is 10.4. The van der Waals surface area contributed by atoms with Crippen molar-refractivity contribution >= 4 is 27.5 Å². The molecule has 4 rings (SSSR count). The number of rotatable bonds is 10. The molecule has 0 aliphatic carbocycles. The molecule has 1 fully saturated rings. The number of halogens is 3. The molecule has 2 aromatic rings. The topological polar surface area (TPSA) is 126 Å². The lowest BCUT2D eigenvalue weighted by atomic mass is 10.0. The molecule has 0 unspecified atom stereocenters. The van der Waals surface area contributed by atoms with Gasteiger partial charge in [-0.05, 0) is 63.1 Å². The van der Waals surface area contributed by atoms with Crippen molar-refractivity contribution in [1.29, 1.82) is 10.5 Å². The zero-order chi connectivity index (χ0) is 31.4. The number of hydrogen-bond donors (Lipinski definition) is 0. The minimum absolute atomic E-state index is 0.0184. The highest BCUT2D eigenvalue weighted by Gasteiger charge is 2.39. The van der Waals surface area contributed by atoms with Crippen LogP contribution < -0.4 is 4.90 Å². The summed E-state index contributed by atoms with van der Waals surface area (Å²) in [5, 5.41) is 18.3. The molecule has 0 radical (unpaired) electrons. The third-order valence-corrected chi connectivity index (χ3v) is 9.69. The number of nitriles is 2. The van der Waals surface area contributed by atoms with Gasteiger partial charge in [-0.3, -0.25) is 9.59 Å². The molecule has 9 nitrogen and oxygen atoms in total. The molecule has 0 spiro atoms. The van der Waals surface area contributed by atoms with Gasteiger partial charge in [0.05, 0.1) is 33.3 Å². The lowest BCUT2D eigenvalue weighted by Gasteiger charge is -2.34. The van der Waals surface area contributed by atoms with E-state index in [4.69, 9.17) is 5.26 Å². The van der Waals surface area contributed by atoms with Gasteiger partial charge in [0.1, 0.15) is 6.07 Å². The van der Waals surface area contributed by atoms with Crippen LogP contribution in [0, 0.1) is 22.7 Å². The predicted molar refractivity (Wildman–Crippen MR) is 151 cm³/mol. The molecule has 2 heterocycles. The van der Waals surface area contributed by atoms with Crippen molar-refractivity contribution in [2.24, 2.45) is 0 Å². The summed E-state index contributed by atoms with van der Waals surface area (Å²) in [5.41, 5.74) is -1.42. The Labute approximate surface area is 248 Å². The standard InChI is InChI=1S/C30H30F3N5O4S/c1-21-25(29(40)38(28(21)39)24-12-11-22(19-34)26(18-24)30(31,32)33)9-4-2-3-7-13-36-14-16-37(17-15-36)43(41,42)27-10-6-5-8-23(27)20-35/h5-6,8,10-12,18H,2-4,7,9,13-17H2,1H3. The summed E-state index contributed by atoms with van der Waals surface area (Å²) in [6, 6.07) is 12.4. The summed E-state index contributed by atoms with van der Waals surface area (Å²) in [7, 11) is -3.75. The summed E-state index contributed by atoms with van der Waals surface area (Å²) < 4.78 is 67.6. The van der Waals surface area contributed by atoms with Crippen LogP contribution in [-0.4, -0.2) is 62.2 Å². The van der Waals surface area contributed by atoms with E-state index in [1.54, 1.807) is 12.1 Å². The number of unbranched alkanes of at least 4 members (excludes halogenated alkanes) is 3. The summed E-state index contributed by atoms with van der Waals surface area (Å²) in [6.07, 6.45) is -1.41. The highest BCUT2D eigenvalue weighted by atomic mass is 32.2. The number of carbonyl (C=O) groups excluding carboxylic acids is 2. The Bertz CT molecular complexity index is 1630. The van der Waals surface area contributed by atoms with E-state index in [1.807, 2.05) is 6.07 Å². The van der Waals surface area contributed by atoms with Crippen LogP contribution in [0.2, 0.25) is 0 Å². The van der Waals surface area contributed by atoms with Crippen LogP contribution in [0.3, 0.4) is 0 Å². The Balaban J connectivity index is 1.23. The molecule has 0 aromatic heterocycles. The second-order valence-corrected chi connectivity index (χ2v) is 12.3. The molecular formula is C30H30F3N5O4S. The maximum absolute atomic E-state index is 13.4. The molecule has 226 valence electrons. The predicted octanol–water partition coefficient (Wildman–Crippen LogP) is 4.60. The van der Waals surface area contributed by atoms with Crippen LogP contribution in [0.25, 0.3) is 0 Å². The zero-order valence-corrected chi connectivity index (χ0v) is 24.3. The SMILES string of the molecule is CC1=C(CCCCCCN2CCN(S(=O)(=O)c3ccccc3C#N)CC2)C(=O)N(c2ccc(C#N)c(C(F)(F)F)c2)C1=O. The van der Waals surface area contributed by atoms with Gasteiger partial charge >= 0.3 is 6.18 Å². The van der Waals surface area contributed by atoms with Gasteiger partial charge in [-0.2, -0.15) is 28.0 Å². The van der Waals surface area contributed by atoms with Crippen LogP contribution >= 0.6 is 0 Å². The van der Waals surface area contributed by atoms with Gasteiger partial charge in [0.15, 0.2) is 0 Å². The van der Waals surface area contributed by atoms with Gasteiger partial charge in [-0.1, -0.05) is 25.0 Å². The minimum Gasteiger partial charge on any atom is -0.301 e. The van der Waals surface area contributed by atoms with Crippen LogP contribution in [-0.2, 0) is 25.8 Å². The van der Waals surface area contributed by atoms with Crippen molar-refractivity contribution in [2.75, 3.05) is 37.6 Å². The molecular weight excluding hydrogens is 583 g/mol. The third kappa shape index (κ3) is 6.80. The molecule has 2 aromatic carbocycles. The number of anilines is 1. The van der Waals surface area contributed by atoms with Crippen LogP contribution in [0.15, 0.2) is 58.5 Å². The quantitative estimate of drug-likeness (QED) is 0.283. The van der Waals surface area contributed by atoms with E-state index in [9.17, 15) is 36.4 Å². The lowest BCUT2D eigenvalue weighted by Crippen LogP contribution is -2.48. The molecule has 0 N–H and O–H groups in total. The van der Waals surface area contributed by atoms with E-state index >= 15 is 0 Å². The van der Waals surface area contributed by atoms with Crippen molar-refractivity contribution < 1.29 is 31.2 Å². The van der Waals surface area contributed by atoms with E-state index in [1.165, 1.54) is 35.5 Å². The van der Waals surface area contributed by atoms with Gasteiger partial charge in [0.25, 0.3) is 11.8 Å². The molecule has 0 saturated carbocycles. The first kappa shape index (κ1) is 31.9. The number of nitrogens with zero attached hydrogens (tertiary/aromatic N) is 5. The van der Waals surface area contributed by atoms with E-state index in [2.05, 4.69) is 4.90 Å². The molecule has 2 amide bonds. The van der Waals surface area contributed by atoms with Gasteiger partial charge in [0, 0.05) is 37.3 Å². The molecule has 0 bridgehead atoms. The number of amides is 2. The molecule has 13 heteroatoms. The van der Waals surface area contributed by atoms with E-state index in [0.29, 0.717) is 45.1 Å². The van der Waals surface area contributed by atoms with Crippen LogP contribution in [0.1, 0.15) is 55.7 Å². The Morgan fingerprint density at radius 2 is 1.51 bits per heavy atom. The Hall–Kier alpha value is -4.04. The van der Waals surface area contributed by atoms with E-state index in [0.717, 1.165) is 36.8 Å². The fraction of sp³-hybridized carbons (Fsp3) is 0.400. The van der Waals surface area contributed by atoms with Crippen molar-refractivity contribution in [2.45, 2.75) is 50.1 Å². The van der Waals surface area contributed by atoms with Crippen molar-refractivity contribution in [3.63, 3.8) is 0 Å². The Morgan fingerprint density at radius 1 is 0.860 bits per heavy atom. The summed E-state index contributed by atoms with van der Waals surface area (Å²) >= 11 is 0. The monoisotopic (exact) mass is 613 g/mol. The number of imide groups is 1. The average Bonchev–Trinajstić information content (AvgIpc) is 3.20. The second kappa shape index (κ2) is 13.1. The number of hydrogen-bond acceptors (Lipinski definition) is 7. The van der Waals surface area contributed by atoms with E-state index in [-0.39, 0.29) is 27.3 Å². The average molecular weight is 614 g/mol. The minimum atomic E-state index is -4.81. The number of benzene rings is 2. The van der Waals surface area contributed by atoms with Crippen molar-refractivity contribution in [3.8, 4) is 12.1 Å². The van der Waals surface area contributed by atoms with E-state index < -0.39 is 39.1 Å². The summed E-state index contributed by atoms with van der Waals surface area (Å²) in [6.45, 7) is 4.05. The summed E-state index contributed by atoms with van der Waals surface area (Å²) in [5.74, 6) is -1.32. The zero-order valence-electron chi connectivity index (χ0n) is 23.5. The molecule has 43 heavy (non-hydrogen) atoms. The molecule has 1 saturated heterocycles. The number of carbonyl (C=O) groups is 2. The molecule has 0 atom stereocenters. The fourth-order valence-electron chi connectivity index (χ4n) is 5.32. The van der Waals surface area contributed by atoms with Gasteiger partial charge in [-0.15, -0.1) is 0 Å².